The predicted octanol–water partition coefficient (Wildman–Crippen LogP) is 4.57. The van der Waals surface area contributed by atoms with Crippen LogP contribution in [-0.4, -0.2) is 39.9 Å². The van der Waals surface area contributed by atoms with Crippen molar-refractivity contribution in [3.8, 4) is 5.75 Å². The summed E-state index contributed by atoms with van der Waals surface area (Å²) in [6.45, 7) is 2.44. The highest BCUT2D eigenvalue weighted by molar-refractivity contribution is 6.13. The lowest BCUT2D eigenvalue weighted by Crippen LogP contribution is -2.54. The van der Waals surface area contributed by atoms with Gasteiger partial charge in [-0.25, -0.2) is 0 Å². The fourth-order valence-corrected chi connectivity index (χ4v) is 7.14. The van der Waals surface area contributed by atoms with Crippen LogP contribution in [0.2, 0.25) is 0 Å². The number of ether oxygens (including phenoxy) is 1. The zero-order valence-electron chi connectivity index (χ0n) is 16.7. The van der Waals surface area contributed by atoms with E-state index in [-0.39, 0.29) is 0 Å². The third kappa shape index (κ3) is 1.88. The number of hydrogen-bond donors (Lipinski definition) is 0. The molecule has 2 aromatic heterocycles. The Labute approximate surface area is 169 Å². The van der Waals surface area contributed by atoms with Crippen molar-refractivity contribution in [1.82, 2.24) is 14.9 Å². The van der Waals surface area contributed by atoms with Crippen LogP contribution in [0.3, 0.4) is 0 Å². The number of aliphatic imine (C=N–C) groups is 1. The molecule has 1 spiro atoms. The third-order valence-corrected chi connectivity index (χ3v) is 8.21. The Hall–Kier alpha value is -2.53. The molecule has 5 heteroatoms. The molecule has 2 aliphatic heterocycles. The maximum absolute atomic E-state index is 7.04. The smallest absolute Gasteiger partial charge is 0.203 e. The van der Waals surface area contributed by atoms with E-state index in [1.54, 1.807) is 0 Å². The fraction of sp³-hybridized carbons (Fsp3) is 0.458. The molecular formula is C24H24N4O. The van der Waals surface area contributed by atoms with Crippen molar-refractivity contribution >= 4 is 33.7 Å². The van der Waals surface area contributed by atoms with Gasteiger partial charge in [-0.2, -0.15) is 0 Å². The molecule has 0 amide bonds. The predicted molar refractivity (Wildman–Crippen MR) is 114 cm³/mol. The van der Waals surface area contributed by atoms with E-state index in [1.165, 1.54) is 19.3 Å². The Kier molecular flexibility index (Phi) is 3.00. The minimum Gasteiger partial charge on any atom is -0.464 e. The molecule has 146 valence electrons. The minimum absolute atomic E-state index is 0.440. The number of hydrogen-bond acceptors (Lipinski definition) is 5. The van der Waals surface area contributed by atoms with E-state index in [1.807, 2.05) is 24.5 Å². The van der Waals surface area contributed by atoms with Crippen molar-refractivity contribution in [3.05, 3.63) is 36.7 Å². The van der Waals surface area contributed by atoms with E-state index in [4.69, 9.17) is 9.73 Å². The van der Waals surface area contributed by atoms with Crippen LogP contribution in [0, 0.1) is 23.7 Å². The fourth-order valence-electron chi connectivity index (χ4n) is 7.14. The van der Waals surface area contributed by atoms with Crippen LogP contribution in [0.4, 0.5) is 5.69 Å². The lowest BCUT2D eigenvalue weighted by molar-refractivity contribution is -0.0226. The van der Waals surface area contributed by atoms with E-state index < -0.39 is 5.72 Å². The zero-order valence-corrected chi connectivity index (χ0v) is 16.7. The second-order valence-electron chi connectivity index (χ2n) is 9.50. The molecule has 6 unspecified atom stereocenters. The number of likely N-dealkylation sites (tertiary alicyclic amines) is 1. The van der Waals surface area contributed by atoms with Gasteiger partial charge in [-0.15, -0.1) is 0 Å². The van der Waals surface area contributed by atoms with Gasteiger partial charge in [0.15, 0.2) is 5.75 Å². The topological polar surface area (TPSA) is 50.6 Å². The highest BCUT2D eigenvalue weighted by Crippen LogP contribution is 2.61. The molecule has 5 nitrogen and oxygen atoms in total. The van der Waals surface area contributed by atoms with Crippen LogP contribution >= 0.6 is 0 Å². The maximum Gasteiger partial charge on any atom is 0.203 e. The Morgan fingerprint density at radius 1 is 1.03 bits per heavy atom. The molecule has 1 aromatic carbocycles. The lowest BCUT2D eigenvalue weighted by atomic mass is 9.58. The highest BCUT2D eigenvalue weighted by Gasteiger charge is 2.65. The molecule has 6 atom stereocenters. The van der Waals surface area contributed by atoms with Gasteiger partial charge in [-0.05, 0) is 68.3 Å². The second kappa shape index (κ2) is 5.33. The van der Waals surface area contributed by atoms with Crippen LogP contribution < -0.4 is 4.74 Å². The number of aromatic nitrogens is 2. The third-order valence-electron chi connectivity index (χ3n) is 8.21. The van der Waals surface area contributed by atoms with E-state index in [2.05, 4.69) is 47.2 Å². The van der Waals surface area contributed by atoms with Gasteiger partial charge < -0.3 is 4.74 Å². The van der Waals surface area contributed by atoms with Gasteiger partial charge in [-0.1, -0.05) is 6.92 Å². The molecule has 3 aliphatic carbocycles. The van der Waals surface area contributed by atoms with Crippen molar-refractivity contribution in [2.45, 2.75) is 38.0 Å². The molecule has 3 saturated carbocycles. The number of benzene rings is 1. The molecule has 4 heterocycles. The Bertz CT molecular complexity index is 1210. The van der Waals surface area contributed by atoms with Gasteiger partial charge in [0.05, 0.1) is 11.7 Å². The molecular weight excluding hydrogens is 360 g/mol. The van der Waals surface area contributed by atoms with Gasteiger partial charge >= 0.3 is 0 Å². The van der Waals surface area contributed by atoms with Gasteiger partial charge in [-0.3, -0.25) is 19.9 Å². The van der Waals surface area contributed by atoms with Crippen molar-refractivity contribution in [2.24, 2.45) is 28.7 Å². The first-order valence-electron chi connectivity index (χ1n) is 10.8. The summed E-state index contributed by atoms with van der Waals surface area (Å²) in [4.78, 5) is 16.8. The van der Waals surface area contributed by atoms with Crippen LogP contribution in [0.25, 0.3) is 21.8 Å². The molecule has 4 fully saturated rings. The van der Waals surface area contributed by atoms with Crippen LogP contribution in [-0.2, 0) is 0 Å². The quantitative estimate of drug-likeness (QED) is 0.533. The normalized spacial score (nSPS) is 37.4. The van der Waals surface area contributed by atoms with Crippen molar-refractivity contribution in [1.29, 1.82) is 0 Å². The Morgan fingerprint density at radius 2 is 1.79 bits per heavy atom. The van der Waals surface area contributed by atoms with E-state index >= 15 is 0 Å². The van der Waals surface area contributed by atoms with E-state index in [9.17, 15) is 0 Å². The van der Waals surface area contributed by atoms with Crippen LogP contribution in [0.15, 0.2) is 41.7 Å². The molecule has 0 radical (unpaired) electrons. The highest BCUT2D eigenvalue weighted by atomic mass is 16.5. The molecule has 3 aromatic rings. The Balaban J connectivity index is 1.48. The molecule has 0 N–H and O–H groups in total. The van der Waals surface area contributed by atoms with Gasteiger partial charge in [0.25, 0.3) is 0 Å². The SMILES string of the molecule is CC1CC2CC3C1C(C2)C1(C=Nc2c(c4cccnc4c4ncccc24)O1)N3C. The summed E-state index contributed by atoms with van der Waals surface area (Å²) < 4.78 is 7.04. The van der Waals surface area contributed by atoms with Crippen molar-refractivity contribution in [2.75, 3.05) is 7.05 Å². The summed E-state index contributed by atoms with van der Waals surface area (Å²) >= 11 is 0. The first-order valence-corrected chi connectivity index (χ1v) is 10.8. The van der Waals surface area contributed by atoms with Crippen molar-refractivity contribution < 1.29 is 4.74 Å². The standard InChI is InChI=1S/C24H24N4O/c1-13-9-14-10-17-19(13)18(11-14)28(2)24(17)12-27-22-15-5-3-7-25-20(15)21-16(23(22)29-24)6-4-8-26-21/h3-8,12-14,17-19H,9-11H2,1-2H3. The summed E-state index contributed by atoms with van der Waals surface area (Å²) in [6.07, 6.45) is 9.70. The molecule has 8 rings (SSSR count). The van der Waals surface area contributed by atoms with E-state index in [0.717, 1.165) is 45.1 Å². The maximum atomic E-state index is 7.04. The van der Waals surface area contributed by atoms with E-state index in [0.29, 0.717) is 17.9 Å². The zero-order chi connectivity index (χ0) is 19.3. The average Bonchev–Trinajstić information content (AvgIpc) is 2.93. The van der Waals surface area contributed by atoms with Gasteiger partial charge in [0.2, 0.25) is 5.72 Å². The summed E-state index contributed by atoms with van der Waals surface area (Å²) in [5, 5.41) is 2.02. The number of rotatable bonds is 0. The number of nitrogens with zero attached hydrogens (tertiary/aromatic N) is 4. The number of pyridine rings is 2. The second-order valence-corrected chi connectivity index (χ2v) is 9.50. The van der Waals surface area contributed by atoms with Gasteiger partial charge in [0, 0.05) is 35.1 Å². The average molecular weight is 384 g/mol. The molecule has 4 bridgehead atoms. The van der Waals surface area contributed by atoms with Crippen LogP contribution in [0.1, 0.15) is 26.2 Å². The minimum atomic E-state index is -0.440. The molecule has 1 saturated heterocycles. The summed E-state index contributed by atoms with van der Waals surface area (Å²) in [5.74, 6) is 3.66. The monoisotopic (exact) mass is 384 g/mol. The van der Waals surface area contributed by atoms with Crippen molar-refractivity contribution in [3.63, 3.8) is 0 Å². The molecule has 5 aliphatic rings. The summed E-state index contributed by atoms with van der Waals surface area (Å²) in [6, 6.07) is 8.72. The molecule has 29 heavy (non-hydrogen) atoms. The number of fused-ring (bicyclic) bond motifs is 7. The lowest BCUT2D eigenvalue weighted by Gasteiger charge is -2.47. The summed E-state index contributed by atoms with van der Waals surface area (Å²) in [7, 11) is 2.25. The van der Waals surface area contributed by atoms with Crippen LogP contribution in [0.5, 0.6) is 5.75 Å². The first kappa shape index (κ1) is 16.3. The summed E-state index contributed by atoms with van der Waals surface area (Å²) in [5.41, 5.74) is 2.24. The largest absolute Gasteiger partial charge is 0.464 e. The Morgan fingerprint density at radius 3 is 2.55 bits per heavy atom. The van der Waals surface area contributed by atoms with Gasteiger partial charge in [0.1, 0.15) is 11.2 Å². The first-order chi connectivity index (χ1) is 14.2.